The van der Waals surface area contributed by atoms with Crippen molar-refractivity contribution in [2.75, 3.05) is 32.7 Å². The molecule has 5 heteroatoms. The van der Waals surface area contributed by atoms with Gasteiger partial charge in [-0.15, -0.1) is 0 Å². The minimum atomic E-state index is 0.116. The maximum absolute atomic E-state index is 12.7. The Hall–Kier alpha value is -1.10. The van der Waals surface area contributed by atoms with E-state index in [0.717, 1.165) is 51.7 Å². The highest BCUT2D eigenvalue weighted by atomic mass is 16.2. The van der Waals surface area contributed by atoms with E-state index in [1.165, 1.54) is 6.42 Å². The van der Waals surface area contributed by atoms with Crippen molar-refractivity contribution in [3.63, 3.8) is 0 Å². The van der Waals surface area contributed by atoms with E-state index in [-0.39, 0.29) is 11.8 Å². The van der Waals surface area contributed by atoms with Crippen LogP contribution < -0.4 is 5.73 Å². The van der Waals surface area contributed by atoms with Crippen molar-refractivity contribution in [1.29, 1.82) is 0 Å². The summed E-state index contributed by atoms with van der Waals surface area (Å²) in [5.41, 5.74) is 5.66. The van der Waals surface area contributed by atoms with E-state index in [2.05, 4.69) is 0 Å². The SMILES string of the molecule is CC(=O)N1CCCN(C(=O)C2CCCC(CCN)C2)CC1. The van der Waals surface area contributed by atoms with Crippen LogP contribution in [-0.2, 0) is 9.59 Å². The fourth-order valence-corrected chi connectivity index (χ4v) is 3.72. The Morgan fingerprint density at radius 2 is 1.76 bits per heavy atom. The molecule has 2 fully saturated rings. The highest BCUT2D eigenvalue weighted by Gasteiger charge is 2.30. The highest BCUT2D eigenvalue weighted by Crippen LogP contribution is 2.32. The van der Waals surface area contributed by atoms with E-state index in [9.17, 15) is 9.59 Å². The zero-order valence-corrected chi connectivity index (χ0v) is 13.2. The van der Waals surface area contributed by atoms with Gasteiger partial charge >= 0.3 is 0 Å². The molecule has 1 saturated carbocycles. The fraction of sp³-hybridized carbons (Fsp3) is 0.875. The zero-order valence-electron chi connectivity index (χ0n) is 13.2. The van der Waals surface area contributed by atoms with E-state index in [1.54, 1.807) is 6.92 Å². The lowest BCUT2D eigenvalue weighted by molar-refractivity contribution is -0.137. The molecule has 21 heavy (non-hydrogen) atoms. The van der Waals surface area contributed by atoms with Gasteiger partial charge in [0.1, 0.15) is 0 Å². The molecular weight excluding hydrogens is 266 g/mol. The van der Waals surface area contributed by atoms with Crippen LogP contribution >= 0.6 is 0 Å². The fourth-order valence-electron chi connectivity index (χ4n) is 3.72. The Morgan fingerprint density at radius 1 is 1.05 bits per heavy atom. The van der Waals surface area contributed by atoms with E-state index in [0.29, 0.717) is 24.9 Å². The minimum absolute atomic E-state index is 0.116. The monoisotopic (exact) mass is 295 g/mol. The van der Waals surface area contributed by atoms with Gasteiger partial charge in [-0.3, -0.25) is 9.59 Å². The lowest BCUT2D eigenvalue weighted by Gasteiger charge is -2.32. The van der Waals surface area contributed by atoms with Crippen molar-refractivity contribution in [3.8, 4) is 0 Å². The molecule has 2 atom stereocenters. The lowest BCUT2D eigenvalue weighted by atomic mass is 9.79. The minimum Gasteiger partial charge on any atom is -0.341 e. The number of hydrogen-bond acceptors (Lipinski definition) is 3. The normalized spacial score (nSPS) is 27.3. The number of carbonyl (C=O) groups excluding carboxylic acids is 2. The van der Waals surface area contributed by atoms with Gasteiger partial charge < -0.3 is 15.5 Å². The molecule has 1 aliphatic carbocycles. The van der Waals surface area contributed by atoms with Gasteiger partial charge in [0.2, 0.25) is 11.8 Å². The molecule has 0 radical (unpaired) electrons. The number of amides is 2. The third-order valence-electron chi connectivity index (χ3n) is 4.96. The summed E-state index contributed by atoms with van der Waals surface area (Å²) in [6.45, 7) is 5.27. The van der Waals surface area contributed by atoms with Crippen LogP contribution in [0.15, 0.2) is 0 Å². The van der Waals surface area contributed by atoms with Crippen LogP contribution in [-0.4, -0.2) is 54.3 Å². The average molecular weight is 295 g/mol. The van der Waals surface area contributed by atoms with Gasteiger partial charge in [0.25, 0.3) is 0 Å². The van der Waals surface area contributed by atoms with Crippen molar-refractivity contribution >= 4 is 11.8 Å². The summed E-state index contributed by atoms with van der Waals surface area (Å²) in [6.07, 6.45) is 6.33. The van der Waals surface area contributed by atoms with E-state index in [1.807, 2.05) is 9.80 Å². The van der Waals surface area contributed by atoms with Crippen LogP contribution in [0.1, 0.15) is 45.4 Å². The molecule has 1 saturated heterocycles. The van der Waals surface area contributed by atoms with Gasteiger partial charge in [0, 0.05) is 39.0 Å². The van der Waals surface area contributed by atoms with Crippen LogP contribution in [0, 0.1) is 11.8 Å². The Bertz CT molecular complexity index is 371. The Morgan fingerprint density at radius 3 is 2.48 bits per heavy atom. The van der Waals surface area contributed by atoms with Crippen LogP contribution in [0.2, 0.25) is 0 Å². The van der Waals surface area contributed by atoms with Crippen molar-refractivity contribution < 1.29 is 9.59 Å². The van der Waals surface area contributed by atoms with Crippen LogP contribution in [0.25, 0.3) is 0 Å². The molecule has 1 heterocycles. The summed E-state index contributed by atoms with van der Waals surface area (Å²) in [7, 11) is 0. The predicted octanol–water partition coefficient (Wildman–Crippen LogP) is 1.22. The number of rotatable bonds is 3. The third-order valence-corrected chi connectivity index (χ3v) is 4.96. The third kappa shape index (κ3) is 4.43. The first-order chi connectivity index (χ1) is 10.1. The van der Waals surface area contributed by atoms with Gasteiger partial charge in [-0.05, 0) is 38.1 Å². The molecule has 2 unspecified atom stereocenters. The maximum atomic E-state index is 12.7. The number of hydrogen-bond donors (Lipinski definition) is 1. The van der Waals surface area contributed by atoms with Crippen LogP contribution in [0.4, 0.5) is 0 Å². The lowest BCUT2D eigenvalue weighted by Crippen LogP contribution is -2.41. The second-order valence-corrected chi connectivity index (χ2v) is 6.49. The molecule has 0 aromatic rings. The molecule has 2 amide bonds. The molecule has 2 N–H and O–H groups in total. The Kier molecular flexibility index (Phi) is 6.03. The van der Waals surface area contributed by atoms with E-state index >= 15 is 0 Å². The maximum Gasteiger partial charge on any atom is 0.225 e. The molecule has 0 spiro atoms. The number of carbonyl (C=O) groups is 2. The van der Waals surface area contributed by atoms with Crippen molar-refractivity contribution in [3.05, 3.63) is 0 Å². The number of nitrogens with zero attached hydrogens (tertiary/aromatic N) is 2. The highest BCUT2D eigenvalue weighted by molar-refractivity contribution is 5.79. The summed E-state index contributed by atoms with van der Waals surface area (Å²) in [5.74, 6) is 1.23. The first-order valence-electron chi connectivity index (χ1n) is 8.36. The van der Waals surface area contributed by atoms with Crippen LogP contribution in [0.5, 0.6) is 0 Å². The molecular formula is C16H29N3O2. The van der Waals surface area contributed by atoms with Gasteiger partial charge in [-0.25, -0.2) is 0 Å². The average Bonchev–Trinajstić information content (AvgIpc) is 2.73. The van der Waals surface area contributed by atoms with Crippen molar-refractivity contribution in [2.24, 2.45) is 17.6 Å². The molecule has 2 rings (SSSR count). The Balaban J connectivity index is 1.88. The van der Waals surface area contributed by atoms with Crippen molar-refractivity contribution in [1.82, 2.24) is 9.80 Å². The first kappa shape index (κ1) is 16.3. The van der Waals surface area contributed by atoms with Gasteiger partial charge in [-0.2, -0.15) is 0 Å². The van der Waals surface area contributed by atoms with Crippen LogP contribution in [0.3, 0.4) is 0 Å². The summed E-state index contributed by atoms with van der Waals surface area (Å²) < 4.78 is 0. The summed E-state index contributed by atoms with van der Waals surface area (Å²) in [6, 6.07) is 0. The van der Waals surface area contributed by atoms with E-state index in [4.69, 9.17) is 5.73 Å². The zero-order chi connectivity index (χ0) is 15.2. The van der Waals surface area contributed by atoms with Gasteiger partial charge in [0.05, 0.1) is 0 Å². The predicted molar refractivity (Wildman–Crippen MR) is 82.6 cm³/mol. The molecule has 1 aliphatic heterocycles. The summed E-state index contributed by atoms with van der Waals surface area (Å²) >= 11 is 0. The molecule has 0 aromatic heterocycles. The van der Waals surface area contributed by atoms with Gasteiger partial charge in [-0.1, -0.05) is 12.8 Å². The topological polar surface area (TPSA) is 66.6 Å². The van der Waals surface area contributed by atoms with Crippen molar-refractivity contribution in [2.45, 2.75) is 45.4 Å². The first-order valence-corrected chi connectivity index (χ1v) is 8.36. The standard InChI is InChI=1S/C16H29N3O2/c1-13(20)18-8-3-9-19(11-10-18)16(21)15-5-2-4-14(12-15)6-7-17/h14-15H,2-12,17H2,1H3. The summed E-state index contributed by atoms with van der Waals surface area (Å²) in [4.78, 5) is 28.0. The van der Waals surface area contributed by atoms with Gasteiger partial charge in [0.15, 0.2) is 0 Å². The quantitative estimate of drug-likeness (QED) is 0.851. The van der Waals surface area contributed by atoms with E-state index < -0.39 is 0 Å². The molecule has 0 aromatic carbocycles. The molecule has 0 bridgehead atoms. The molecule has 120 valence electrons. The largest absolute Gasteiger partial charge is 0.341 e. The smallest absolute Gasteiger partial charge is 0.225 e. The summed E-state index contributed by atoms with van der Waals surface area (Å²) in [5, 5.41) is 0. The molecule has 5 nitrogen and oxygen atoms in total. The Labute approximate surface area is 127 Å². The second-order valence-electron chi connectivity index (χ2n) is 6.49. The number of nitrogens with two attached hydrogens (primary N) is 1. The molecule has 2 aliphatic rings. The second kappa shape index (κ2) is 7.78.